The number of aromatic nitrogens is 2. The van der Waals surface area contributed by atoms with E-state index in [-0.39, 0.29) is 0 Å². The molecule has 0 bridgehead atoms. The van der Waals surface area contributed by atoms with E-state index >= 15 is 0 Å². The smallest absolute Gasteiger partial charge is 0.121 e. The van der Waals surface area contributed by atoms with Crippen LogP contribution in [0, 0.1) is 0 Å². The molecule has 1 aliphatic heterocycles. The van der Waals surface area contributed by atoms with Crippen molar-refractivity contribution >= 4 is 16.7 Å². The van der Waals surface area contributed by atoms with Crippen molar-refractivity contribution in [1.29, 1.82) is 0 Å². The lowest BCUT2D eigenvalue weighted by atomic mass is 9.89. The number of aliphatic imine (C=N–C) groups is 1. The zero-order valence-electron chi connectivity index (χ0n) is 13.9. The van der Waals surface area contributed by atoms with E-state index in [9.17, 15) is 0 Å². The Balaban J connectivity index is 1.84. The Bertz CT molecular complexity index is 943. The van der Waals surface area contributed by atoms with E-state index in [1.165, 1.54) is 5.56 Å². The van der Waals surface area contributed by atoms with Crippen LogP contribution in [0.3, 0.4) is 0 Å². The summed E-state index contributed by atoms with van der Waals surface area (Å²) in [6, 6.07) is 14.7. The van der Waals surface area contributed by atoms with Crippen LogP contribution in [-0.4, -0.2) is 28.8 Å². The molecule has 0 radical (unpaired) electrons. The van der Waals surface area contributed by atoms with Gasteiger partial charge in [-0.25, -0.2) is 0 Å². The van der Waals surface area contributed by atoms with Gasteiger partial charge >= 0.3 is 0 Å². The van der Waals surface area contributed by atoms with Gasteiger partial charge in [-0.05, 0) is 35.7 Å². The van der Waals surface area contributed by atoms with Crippen LogP contribution in [0.2, 0.25) is 0 Å². The molecular formula is C19H20N4O. The Labute approximate surface area is 140 Å². The molecule has 2 heterocycles. The van der Waals surface area contributed by atoms with Crippen molar-refractivity contribution < 1.29 is 4.74 Å². The molecule has 3 aromatic rings. The number of rotatable bonds is 2. The topological polar surface area (TPSA) is 65.4 Å². The van der Waals surface area contributed by atoms with Crippen molar-refractivity contribution in [2.75, 3.05) is 13.2 Å². The molecule has 0 amide bonds. The normalized spacial score (nSPS) is 21.0. The van der Waals surface area contributed by atoms with E-state index in [4.69, 9.17) is 10.5 Å². The average molecular weight is 320 g/mol. The maximum absolute atomic E-state index is 5.89. The van der Waals surface area contributed by atoms with Gasteiger partial charge in [0.25, 0.3) is 0 Å². The first-order chi connectivity index (χ1) is 11.6. The highest BCUT2D eigenvalue weighted by molar-refractivity contribution is 5.94. The van der Waals surface area contributed by atoms with Crippen LogP contribution < -0.4 is 5.73 Å². The van der Waals surface area contributed by atoms with Crippen molar-refractivity contribution in [3.05, 3.63) is 54.2 Å². The molecule has 0 spiro atoms. The van der Waals surface area contributed by atoms with Crippen molar-refractivity contribution in [3.63, 3.8) is 0 Å². The molecular weight excluding hydrogens is 300 g/mol. The van der Waals surface area contributed by atoms with Gasteiger partial charge in [-0.15, -0.1) is 0 Å². The van der Waals surface area contributed by atoms with Crippen LogP contribution in [0.1, 0.15) is 12.5 Å². The van der Waals surface area contributed by atoms with E-state index in [0.717, 1.165) is 22.0 Å². The largest absolute Gasteiger partial charge is 0.386 e. The Kier molecular flexibility index (Phi) is 3.39. The molecule has 5 heteroatoms. The summed E-state index contributed by atoms with van der Waals surface area (Å²) >= 11 is 0. The second-order valence-electron chi connectivity index (χ2n) is 6.46. The summed E-state index contributed by atoms with van der Waals surface area (Å²) in [6.07, 6.45) is 1.92. The van der Waals surface area contributed by atoms with Gasteiger partial charge < -0.3 is 10.5 Å². The predicted octanol–water partition coefficient (Wildman–Crippen LogP) is 2.84. The van der Waals surface area contributed by atoms with Crippen LogP contribution in [0.5, 0.6) is 0 Å². The molecule has 0 saturated heterocycles. The Morgan fingerprint density at radius 1 is 1.21 bits per heavy atom. The minimum Gasteiger partial charge on any atom is -0.386 e. The maximum atomic E-state index is 5.89. The summed E-state index contributed by atoms with van der Waals surface area (Å²) in [4.78, 5) is 4.64. The summed E-state index contributed by atoms with van der Waals surface area (Å²) in [7, 11) is 1.96. The molecule has 4 rings (SSSR count). The zero-order chi connectivity index (χ0) is 16.7. The number of nitrogens with zero attached hydrogens (tertiary/aromatic N) is 3. The fourth-order valence-corrected chi connectivity index (χ4v) is 3.33. The van der Waals surface area contributed by atoms with Crippen molar-refractivity contribution in [2.45, 2.75) is 12.5 Å². The molecule has 122 valence electrons. The van der Waals surface area contributed by atoms with E-state index in [2.05, 4.69) is 59.5 Å². The molecule has 24 heavy (non-hydrogen) atoms. The number of hydrogen-bond donors (Lipinski definition) is 1. The monoisotopic (exact) mass is 320 g/mol. The highest BCUT2D eigenvalue weighted by Crippen LogP contribution is 2.33. The third kappa shape index (κ3) is 2.37. The number of benzene rings is 2. The molecule has 0 saturated carbocycles. The molecule has 0 fully saturated rings. The lowest BCUT2D eigenvalue weighted by Gasteiger charge is -2.30. The summed E-state index contributed by atoms with van der Waals surface area (Å²) in [6.45, 7) is 3.00. The first kappa shape index (κ1) is 14.9. The quantitative estimate of drug-likeness (QED) is 0.789. The van der Waals surface area contributed by atoms with Gasteiger partial charge in [-0.3, -0.25) is 9.67 Å². The number of ether oxygens (including phenoxy) is 1. The first-order valence-corrected chi connectivity index (χ1v) is 8.00. The Hall–Kier alpha value is -2.66. The van der Waals surface area contributed by atoms with E-state index in [1.807, 2.05) is 17.9 Å². The highest BCUT2D eigenvalue weighted by Gasteiger charge is 2.30. The third-order valence-electron chi connectivity index (χ3n) is 4.61. The molecule has 1 aromatic heterocycles. The number of nitrogens with two attached hydrogens (primary N) is 1. The molecule has 1 atom stereocenters. The minimum absolute atomic E-state index is 0.407. The second-order valence-corrected chi connectivity index (χ2v) is 6.46. The van der Waals surface area contributed by atoms with E-state index in [1.54, 1.807) is 0 Å². The zero-order valence-corrected chi connectivity index (χ0v) is 13.9. The first-order valence-electron chi connectivity index (χ1n) is 8.00. The van der Waals surface area contributed by atoms with Crippen LogP contribution in [0.4, 0.5) is 0 Å². The molecule has 1 aliphatic rings. The van der Waals surface area contributed by atoms with Crippen LogP contribution in [0.25, 0.3) is 22.0 Å². The fraction of sp³-hybridized carbons (Fsp3) is 0.263. The van der Waals surface area contributed by atoms with Crippen LogP contribution >= 0.6 is 0 Å². The van der Waals surface area contributed by atoms with Crippen molar-refractivity contribution in [1.82, 2.24) is 9.78 Å². The number of amidine groups is 1. The fourth-order valence-electron chi connectivity index (χ4n) is 3.33. The van der Waals surface area contributed by atoms with Crippen LogP contribution in [0.15, 0.2) is 53.7 Å². The molecule has 2 N–H and O–H groups in total. The number of fused-ring (bicyclic) bond motifs is 1. The van der Waals surface area contributed by atoms with E-state index in [0.29, 0.717) is 19.0 Å². The third-order valence-corrected chi connectivity index (χ3v) is 4.61. The maximum Gasteiger partial charge on any atom is 0.121 e. The van der Waals surface area contributed by atoms with Gasteiger partial charge in [0.2, 0.25) is 0 Å². The summed E-state index contributed by atoms with van der Waals surface area (Å²) in [5.74, 6) is 0.545. The Morgan fingerprint density at radius 2 is 2.04 bits per heavy atom. The minimum atomic E-state index is -0.443. The van der Waals surface area contributed by atoms with Crippen LogP contribution in [-0.2, 0) is 17.3 Å². The standard InChI is InChI=1S/C19H20N4O/c1-19(12-24-11-18(20)22-19)14-6-3-5-13(9-14)15-7-4-8-17-16(15)10-21-23(17)2/h3-10H,11-12H2,1-2H3,(H2,20,22). The van der Waals surface area contributed by atoms with Gasteiger partial charge in [-0.1, -0.05) is 30.3 Å². The average Bonchev–Trinajstić information content (AvgIpc) is 2.96. The molecule has 0 aliphatic carbocycles. The lowest BCUT2D eigenvalue weighted by Crippen LogP contribution is -2.37. The highest BCUT2D eigenvalue weighted by atomic mass is 16.5. The summed E-state index contributed by atoms with van der Waals surface area (Å²) in [5, 5.41) is 5.52. The molecule has 1 unspecified atom stereocenters. The summed E-state index contributed by atoms with van der Waals surface area (Å²) < 4.78 is 7.49. The van der Waals surface area contributed by atoms with Gasteiger partial charge in [0.1, 0.15) is 18.0 Å². The lowest BCUT2D eigenvalue weighted by molar-refractivity contribution is 0.106. The second kappa shape index (κ2) is 5.46. The molecule has 2 aromatic carbocycles. The van der Waals surface area contributed by atoms with Gasteiger partial charge in [0, 0.05) is 12.4 Å². The SMILES string of the molecule is Cn1ncc2c(-c3cccc(C4(C)COCC(N)=N4)c3)cccc21. The van der Waals surface area contributed by atoms with Crippen molar-refractivity contribution in [2.24, 2.45) is 17.8 Å². The van der Waals surface area contributed by atoms with Crippen molar-refractivity contribution in [3.8, 4) is 11.1 Å². The Morgan fingerprint density at radius 3 is 2.88 bits per heavy atom. The summed E-state index contributed by atoms with van der Waals surface area (Å²) in [5.41, 5.74) is 9.97. The van der Waals surface area contributed by atoms with E-state index < -0.39 is 5.54 Å². The van der Waals surface area contributed by atoms with Gasteiger partial charge in [-0.2, -0.15) is 5.10 Å². The molecule has 5 nitrogen and oxygen atoms in total. The predicted molar refractivity (Wildman–Crippen MR) is 95.9 cm³/mol. The van der Waals surface area contributed by atoms with Gasteiger partial charge in [0.05, 0.1) is 18.3 Å². The number of hydrogen-bond acceptors (Lipinski definition) is 4. The number of aryl methyl sites for hydroxylation is 1. The van der Waals surface area contributed by atoms with Gasteiger partial charge in [0.15, 0.2) is 0 Å².